The average molecular weight is 368 g/mol. The van der Waals surface area contributed by atoms with Crippen molar-refractivity contribution in [2.45, 2.75) is 19.6 Å². The van der Waals surface area contributed by atoms with Gasteiger partial charge in [0.05, 0.1) is 5.75 Å². The third kappa shape index (κ3) is 7.02. The van der Waals surface area contributed by atoms with Crippen LogP contribution in [0.2, 0.25) is 0 Å². The Morgan fingerprint density at radius 3 is 2.21 bits per heavy atom. The molecular weight excluding hydrogens is 350 g/mol. The molecule has 1 N–H and O–H groups in total. The van der Waals surface area contributed by atoms with Crippen LogP contribution in [-0.2, 0) is 33.4 Å². The number of ether oxygens (including phenoxy) is 1. The quantitative estimate of drug-likeness (QED) is 0.762. The predicted octanol–water partition coefficient (Wildman–Crippen LogP) is 3.22. The normalized spacial score (nSPS) is 11.0. The fraction of sp³-hybridized carbons (Fsp3) is 0.235. The highest BCUT2D eigenvalue weighted by molar-refractivity contribution is 8.13. The van der Waals surface area contributed by atoms with E-state index in [0.717, 1.165) is 16.7 Å². The van der Waals surface area contributed by atoms with Crippen LogP contribution in [0.25, 0.3) is 0 Å². The van der Waals surface area contributed by atoms with Crippen molar-refractivity contribution in [3.63, 3.8) is 0 Å². The summed E-state index contributed by atoms with van der Waals surface area (Å²) in [6.07, 6.45) is -0.130. The van der Waals surface area contributed by atoms with Gasteiger partial charge in [0.25, 0.3) is 0 Å². The number of benzene rings is 2. The molecule has 0 heterocycles. The average Bonchev–Trinajstić information content (AvgIpc) is 2.57. The van der Waals surface area contributed by atoms with Gasteiger partial charge in [0, 0.05) is 17.2 Å². The summed E-state index contributed by atoms with van der Waals surface area (Å²) in [5.41, 5.74) is 2.69. The monoisotopic (exact) mass is 367 g/mol. The Labute approximate surface area is 146 Å². The number of alkyl carbamates (subject to hydrolysis) is 1. The molecule has 2 aromatic rings. The molecule has 5 nitrogen and oxygen atoms in total. The van der Waals surface area contributed by atoms with Crippen molar-refractivity contribution in [3.05, 3.63) is 71.3 Å². The Balaban J connectivity index is 1.74. The minimum absolute atomic E-state index is 0.0992. The van der Waals surface area contributed by atoms with Gasteiger partial charge in [-0.05, 0) is 23.1 Å². The SMILES string of the molecule is O=C(NCc1ccc(CCS(=O)(=O)Cl)cc1)OCc1ccccc1. The van der Waals surface area contributed by atoms with Gasteiger partial charge in [-0.1, -0.05) is 54.6 Å². The maximum Gasteiger partial charge on any atom is 0.407 e. The Hall–Kier alpha value is -2.05. The van der Waals surface area contributed by atoms with E-state index < -0.39 is 15.1 Å². The van der Waals surface area contributed by atoms with Gasteiger partial charge >= 0.3 is 6.09 Å². The van der Waals surface area contributed by atoms with Crippen molar-refractivity contribution in [2.24, 2.45) is 0 Å². The molecule has 0 aliphatic carbocycles. The van der Waals surface area contributed by atoms with E-state index in [9.17, 15) is 13.2 Å². The van der Waals surface area contributed by atoms with Crippen LogP contribution in [0, 0.1) is 0 Å². The maximum absolute atomic E-state index is 11.7. The third-order valence-corrected chi connectivity index (χ3v) is 4.46. The van der Waals surface area contributed by atoms with Gasteiger partial charge in [0.2, 0.25) is 9.05 Å². The summed E-state index contributed by atoms with van der Waals surface area (Å²) in [6.45, 7) is 0.556. The van der Waals surface area contributed by atoms with E-state index in [-0.39, 0.29) is 12.4 Å². The van der Waals surface area contributed by atoms with Crippen molar-refractivity contribution in [2.75, 3.05) is 5.75 Å². The summed E-state index contributed by atoms with van der Waals surface area (Å²) >= 11 is 0. The van der Waals surface area contributed by atoms with Crippen LogP contribution in [-0.4, -0.2) is 20.3 Å². The molecule has 0 atom stereocenters. The maximum atomic E-state index is 11.7. The van der Waals surface area contributed by atoms with Crippen LogP contribution in [0.5, 0.6) is 0 Å². The van der Waals surface area contributed by atoms with Crippen molar-refractivity contribution < 1.29 is 17.9 Å². The molecule has 0 bridgehead atoms. The molecule has 0 aliphatic rings. The van der Waals surface area contributed by atoms with Gasteiger partial charge in [-0.15, -0.1) is 0 Å². The van der Waals surface area contributed by atoms with Crippen LogP contribution in [0.3, 0.4) is 0 Å². The molecule has 24 heavy (non-hydrogen) atoms. The summed E-state index contributed by atoms with van der Waals surface area (Å²) in [5, 5.41) is 2.67. The molecule has 0 fully saturated rings. The lowest BCUT2D eigenvalue weighted by molar-refractivity contribution is 0.139. The second-order valence-corrected chi connectivity index (χ2v) is 8.12. The van der Waals surface area contributed by atoms with E-state index in [0.29, 0.717) is 13.0 Å². The molecule has 1 amide bonds. The highest BCUT2D eigenvalue weighted by Gasteiger charge is 2.06. The van der Waals surface area contributed by atoms with Crippen LogP contribution in [0.4, 0.5) is 4.79 Å². The topological polar surface area (TPSA) is 72.5 Å². The Morgan fingerprint density at radius 2 is 1.58 bits per heavy atom. The van der Waals surface area contributed by atoms with E-state index >= 15 is 0 Å². The summed E-state index contributed by atoms with van der Waals surface area (Å²) < 4.78 is 27.0. The van der Waals surface area contributed by atoms with Gasteiger partial charge < -0.3 is 10.1 Å². The van der Waals surface area contributed by atoms with Gasteiger partial charge in [-0.3, -0.25) is 0 Å². The minimum atomic E-state index is -3.48. The van der Waals surface area contributed by atoms with Gasteiger partial charge in [-0.25, -0.2) is 13.2 Å². The molecule has 0 unspecified atom stereocenters. The van der Waals surface area contributed by atoms with E-state index in [1.807, 2.05) is 54.6 Å². The molecule has 0 radical (unpaired) electrons. The summed E-state index contributed by atoms with van der Waals surface area (Å²) in [5.74, 6) is -0.0992. The second kappa shape index (κ2) is 8.70. The number of carbonyl (C=O) groups is 1. The first-order valence-electron chi connectivity index (χ1n) is 7.37. The fourth-order valence-electron chi connectivity index (χ4n) is 2.01. The standard InChI is InChI=1S/C17H18ClNO4S/c18-24(21,22)11-10-14-6-8-15(9-7-14)12-19-17(20)23-13-16-4-2-1-3-5-16/h1-9H,10-13H2,(H,19,20). The summed E-state index contributed by atoms with van der Waals surface area (Å²) in [7, 11) is 1.70. The summed E-state index contributed by atoms with van der Waals surface area (Å²) in [4.78, 5) is 11.7. The number of hydrogen-bond acceptors (Lipinski definition) is 4. The molecule has 0 spiro atoms. The Kier molecular flexibility index (Phi) is 6.63. The number of amides is 1. The number of carbonyl (C=O) groups excluding carboxylic acids is 1. The van der Waals surface area contributed by atoms with Crippen LogP contribution in [0.15, 0.2) is 54.6 Å². The Bertz CT molecular complexity index is 761. The van der Waals surface area contributed by atoms with E-state index in [1.165, 1.54) is 0 Å². The van der Waals surface area contributed by atoms with E-state index in [4.69, 9.17) is 15.4 Å². The fourth-order valence-corrected chi connectivity index (χ4v) is 2.72. The predicted molar refractivity (Wildman–Crippen MR) is 93.3 cm³/mol. The minimum Gasteiger partial charge on any atom is -0.445 e. The first kappa shape index (κ1) is 18.3. The number of nitrogens with one attached hydrogen (secondary N) is 1. The zero-order chi connectivity index (χ0) is 17.4. The largest absolute Gasteiger partial charge is 0.445 e. The van der Waals surface area contributed by atoms with Crippen molar-refractivity contribution >= 4 is 25.8 Å². The van der Waals surface area contributed by atoms with Crippen LogP contribution >= 0.6 is 10.7 Å². The molecule has 2 aromatic carbocycles. The smallest absolute Gasteiger partial charge is 0.407 e. The number of aryl methyl sites for hydroxylation is 1. The summed E-state index contributed by atoms with van der Waals surface area (Å²) in [6, 6.07) is 16.7. The van der Waals surface area contributed by atoms with Crippen LogP contribution < -0.4 is 5.32 Å². The van der Waals surface area contributed by atoms with Crippen LogP contribution in [0.1, 0.15) is 16.7 Å². The highest BCUT2D eigenvalue weighted by Crippen LogP contribution is 2.08. The lowest BCUT2D eigenvalue weighted by atomic mass is 10.1. The second-order valence-electron chi connectivity index (χ2n) is 5.22. The molecule has 0 saturated heterocycles. The van der Waals surface area contributed by atoms with E-state index in [1.54, 1.807) is 0 Å². The first-order valence-corrected chi connectivity index (χ1v) is 9.85. The number of hydrogen-bond donors (Lipinski definition) is 1. The first-order chi connectivity index (χ1) is 11.4. The lowest BCUT2D eigenvalue weighted by Crippen LogP contribution is -2.23. The molecule has 2 rings (SSSR count). The number of rotatable bonds is 7. The zero-order valence-electron chi connectivity index (χ0n) is 12.9. The molecule has 0 saturated carbocycles. The third-order valence-electron chi connectivity index (χ3n) is 3.31. The molecule has 128 valence electrons. The zero-order valence-corrected chi connectivity index (χ0v) is 14.5. The number of halogens is 1. The lowest BCUT2D eigenvalue weighted by Gasteiger charge is -2.08. The van der Waals surface area contributed by atoms with Gasteiger partial charge in [-0.2, -0.15) is 0 Å². The van der Waals surface area contributed by atoms with Gasteiger partial charge in [0.15, 0.2) is 0 Å². The van der Waals surface area contributed by atoms with Gasteiger partial charge in [0.1, 0.15) is 6.61 Å². The Morgan fingerprint density at radius 1 is 0.958 bits per heavy atom. The molecule has 0 aliphatic heterocycles. The van der Waals surface area contributed by atoms with Crippen molar-refractivity contribution in [1.82, 2.24) is 5.32 Å². The van der Waals surface area contributed by atoms with E-state index in [2.05, 4.69) is 5.32 Å². The highest BCUT2D eigenvalue weighted by atomic mass is 35.7. The van der Waals surface area contributed by atoms with Crippen molar-refractivity contribution in [3.8, 4) is 0 Å². The molecular formula is C17H18ClNO4S. The molecule has 7 heteroatoms. The molecule has 0 aromatic heterocycles. The van der Waals surface area contributed by atoms with Crippen molar-refractivity contribution in [1.29, 1.82) is 0 Å².